The number of halogens is 3. The summed E-state index contributed by atoms with van der Waals surface area (Å²) in [5, 5.41) is 7.75. The molecule has 2 aromatic heterocycles. The van der Waals surface area contributed by atoms with E-state index in [9.17, 15) is 0 Å². The maximum absolute atomic E-state index is 5.97. The van der Waals surface area contributed by atoms with E-state index in [-0.39, 0.29) is 5.28 Å². The van der Waals surface area contributed by atoms with Crippen molar-refractivity contribution in [2.45, 2.75) is 0 Å². The summed E-state index contributed by atoms with van der Waals surface area (Å²) in [6.45, 7) is 0. The Hall–Kier alpha value is -1.70. The Morgan fingerprint density at radius 3 is 2.76 bits per heavy atom. The van der Waals surface area contributed by atoms with Crippen molar-refractivity contribution in [3.05, 3.63) is 51.4 Å². The highest BCUT2D eigenvalue weighted by Gasteiger charge is 2.09. The summed E-state index contributed by atoms with van der Waals surface area (Å²) in [4.78, 5) is 12.3. The van der Waals surface area contributed by atoms with Gasteiger partial charge in [-0.25, -0.2) is 4.68 Å². The predicted octanol–water partition coefficient (Wildman–Crippen LogP) is 3.87. The van der Waals surface area contributed by atoms with Gasteiger partial charge in [-0.15, -0.1) is 0 Å². The molecule has 0 fully saturated rings. The molecule has 0 amide bonds. The van der Waals surface area contributed by atoms with Crippen LogP contribution in [0.5, 0.6) is 0 Å². The minimum atomic E-state index is 0.0659. The summed E-state index contributed by atoms with van der Waals surface area (Å²) in [5.41, 5.74) is 0.719. The number of hydrogen-bond donors (Lipinski definition) is 1. The third-order valence-electron chi connectivity index (χ3n) is 2.48. The third-order valence-corrected chi connectivity index (χ3v) is 3.58. The van der Waals surface area contributed by atoms with E-state index >= 15 is 0 Å². The second-order valence-corrected chi connectivity index (χ2v) is 5.56. The molecule has 0 aliphatic heterocycles. The number of aromatic nitrogens is 5. The Bertz CT molecular complexity index is 777. The van der Waals surface area contributed by atoms with E-state index in [0.717, 1.165) is 10.2 Å². The molecule has 0 aliphatic rings. The summed E-state index contributed by atoms with van der Waals surface area (Å²) in [5.74, 6) is 0.615. The van der Waals surface area contributed by atoms with E-state index in [0.29, 0.717) is 16.9 Å². The lowest BCUT2D eigenvalue weighted by Gasteiger charge is -2.08. The number of hydrogen-bond acceptors (Lipinski definition) is 5. The van der Waals surface area contributed by atoms with E-state index in [1.54, 1.807) is 30.6 Å². The summed E-state index contributed by atoms with van der Waals surface area (Å²) in [6.07, 6.45) is 3.34. The Balaban J connectivity index is 1.97. The standard InChI is InChI=1S/C12H7BrCl2N6/c13-8-3-2-7(14)6-9(8)17-11-18-10(15)19-12(20-11)21-5-1-4-16-21/h1-6H,(H,17,18,19,20). The topological polar surface area (TPSA) is 68.5 Å². The maximum Gasteiger partial charge on any atom is 0.256 e. The first-order valence-electron chi connectivity index (χ1n) is 5.75. The van der Waals surface area contributed by atoms with Crippen molar-refractivity contribution in [1.82, 2.24) is 24.7 Å². The zero-order chi connectivity index (χ0) is 14.8. The zero-order valence-corrected chi connectivity index (χ0v) is 13.4. The van der Waals surface area contributed by atoms with Gasteiger partial charge in [-0.1, -0.05) is 11.6 Å². The van der Waals surface area contributed by atoms with Gasteiger partial charge in [-0.3, -0.25) is 0 Å². The normalized spacial score (nSPS) is 10.6. The Morgan fingerprint density at radius 1 is 1.14 bits per heavy atom. The number of nitrogens with zero attached hydrogens (tertiary/aromatic N) is 5. The molecule has 0 atom stereocenters. The summed E-state index contributed by atoms with van der Waals surface area (Å²) in [7, 11) is 0. The molecule has 0 saturated carbocycles. The molecular formula is C12H7BrCl2N6. The highest BCUT2D eigenvalue weighted by atomic mass is 79.9. The van der Waals surface area contributed by atoms with Crippen molar-refractivity contribution in [2.24, 2.45) is 0 Å². The Morgan fingerprint density at radius 2 is 2.00 bits per heavy atom. The van der Waals surface area contributed by atoms with E-state index in [1.807, 2.05) is 6.07 Å². The predicted molar refractivity (Wildman–Crippen MR) is 84.4 cm³/mol. The van der Waals surface area contributed by atoms with Crippen molar-refractivity contribution in [3.63, 3.8) is 0 Å². The van der Waals surface area contributed by atoms with E-state index < -0.39 is 0 Å². The van der Waals surface area contributed by atoms with Crippen molar-refractivity contribution >= 4 is 50.8 Å². The number of nitrogens with one attached hydrogen (secondary N) is 1. The van der Waals surface area contributed by atoms with Crippen LogP contribution in [0.3, 0.4) is 0 Å². The highest BCUT2D eigenvalue weighted by Crippen LogP contribution is 2.28. The van der Waals surface area contributed by atoms with E-state index in [2.05, 4.69) is 41.3 Å². The second kappa shape index (κ2) is 5.97. The number of benzene rings is 1. The molecule has 1 N–H and O–H groups in total. The third kappa shape index (κ3) is 3.31. The average molecular weight is 386 g/mol. The smallest absolute Gasteiger partial charge is 0.256 e. The second-order valence-electron chi connectivity index (χ2n) is 3.93. The summed E-state index contributed by atoms with van der Waals surface area (Å²) >= 11 is 15.3. The fraction of sp³-hybridized carbons (Fsp3) is 0. The first-order chi connectivity index (χ1) is 10.1. The molecule has 21 heavy (non-hydrogen) atoms. The van der Waals surface area contributed by atoms with Crippen LogP contribution < -0.4 is 5.32 Å². The number of rotatable bonds is 3. The fourth-order valence-corrected chi connectivity index (χ4v) is 2.27. The molecule has 0 bridgehead atoms. The molecule has 0 aliphatic carbocycles. The van der Waals surface area contributed by atoms with Crippen molar-refractivity contribution < 1.29 is 0 Å². The number of anilines is 2. The first kappa shape index (κ1) is 14.2. The van der Waals surface area contributed by atoms with Crippen LogP contribution in [0.25, 0.3) is 5.95 Å². The van der Waals surface area contributed by atoms with Crippen LogP contribution in [0.15, 0.2) is 41.1 Å². The van der Waals surface area contributed by atoms with Crippen LogP contribution in [0.2, 0.25) is 10.3 Å². The largest absolute Gasteiger partial charge is 0.323 e. The van der Waals surface area contributed by atoms with Gasteiger partial charge in [-0.05, 0) is 51.8 Å². The van der Waals surface area contributed by atoms with Crippen LogP contribution in [0.4, 0.5) is 11.6 Å². The van der Waals surface area contributed by atoms with E-state index in [1.165, 1.54) is 4.68 Å². The van der Waals surface area contributed by atoms with Crippen LogP contribution in [-0.2, 0) is 0 Å². The van der Waals surface area contributed by atoms with E-state index in [4.69, 9.17) is 23.2 Å². The quantitative estimate of drug-likeness (QED) is 0.741. The minimum Gasteiger partial charge on any atom is -0.323 e. The van der Waals surface area contributed by atoms with Gasteiger partial charge >= 0.3 is 0 Å². The average Bonchev–Trinajstić information content (AvgIpc) is 2.96. The maximum atomic E-state index is 5.97. The molecule has 3 rings (SSSR count). The van der Waals surface area contributed by atoms with Gasteiger partial charge in [0, 0.05) is 21.9 Å². The minimum absolute atomic E-state index is 0.0659. The van der Waals surface area contributed by atoms with Gasteiger partial charge in [0.15, 0.2) is 0 Å². The lowest BCUT2D eigenvalue weighted by atomic mass is 10.3. The van der Waals surface area contributed by atoms with Gasteiger partial charge < -0.3 is 5.32 Å². The van der Waals surface area contributed by atoms with Gasteiger partial charge in [0.05, 0.1) is 5.69 Å². The molecule has 2 heterocycles. The molecule has 3 aromatic rings. The molecular weight excluding hydrogens is 379 g/mol. The lowest BCUT2D eigenvalue weighted by Crippen LogP contribution is -2.07. The molecule has 0 unspecified atom stereocenters. The van der Waals surface area contributed by atoms with Crippen molar-refractivity contribution in [3.8, 4) is 5.95 Å². The first-order valence-corrected chi connectivity index (χ1v) is 7.30. The van der Waals surface area contributed by atoms with Crippen molar-refractivity contribution in [1.29, 1.82) is 0 Å². The summed E-state index contributed by atoms with van der Waals surface area (Å²) < 4.78 is 2.32. The van der Waals surface area contributed by atoms with Crippen LogP contribution in [0, 0.1) is 0 Å². The highest BCUT2D eigenvalue weighted by molar-refractivity contribution is 9.10. The Kier molecular flexibility index (Phi) is 4.05. The van der Waals surface area contributed by atoms with Crippen LogP contribution in [-0.4, -0.2) is 24.7 Å². The molecule has 0 spiro atoms. The molecule has 0 radical (unpaired) electrons. The van der Waals surface area contributed by atoms with Crippen LogP contribution in [0.1, 0.15) is 0 Å². The van der Waals surface area contributed by atoms with Gasteiger partial charge in [0.2, 0.25) is 11.2 Å². The molecule has 0 saturated heterocycles. The molecule has 106 valence electrons. The zero-order valence-electron chi connectivity index (χ0n) is 10.3. The van der Waals surface area contributed by atoms with Crippen molar-refractivity contribution in [2.75, 3.05) is 5.32 Å². The molecule has 1 aromatic carbocycles. The summed E-state index contributed by atoms with van der Waals surface area (Å²) in [6, 6.07) is 7.10. The lowest BCUT2D eigenvalue weighted by molar-refractivity contribution is 0.798. The SMILES string of the molecule is Clc1ccc(Br)c(Nc2nc(Cl)nc(-n3cccn3)n2)c1. The molecule has 9 heteroatoms. The van der Waals surface area contributed by atoms with Crippen LogP contribution >= 0.6 is 39.1 Å². The molecule has 6 nitrogen and oxygen atoms in total. The van der Waals surface area contributed by atoms with Gasteiger partial charge in [0.1, 0.15) is 0 Å². The fourth-order valence-electron chi connectivity index (χ4n) is 1.60. The Labute approximate surface area is 138 Å². The monoisotopic (exact) mass is 384 g/mol. The van der Waals surface area contributed by atoms with Gasteiger partial charge in [-0.2, -0.15) is 20.1 Å². The van der Waals surface area contributed by atoms with Gasteiger partial charge in [0.25, 0.3) is 5.95 Å².